The summed E-state index contributed by atoms with van der Waals surface area (Å²) in [5, 5.41) is 8.99. The molecule has 1 N–H and O–H groups in total. The van der Waals surface area contributed by atoms with Gasteiger partial charge < -0.3 is 5.11 Å². The van der Waals surface area contributed by atoms with Crippen LogP contribution in [0, 0.1) is 18.8 Å². The molecule has 0 bridgehead atoms. The SMILES string of the molecule is CC(C)(C)C#C[I+]c1ccccc1C(=O)O. The van der Waals surface area contributed by atoms with E-state index in [9.17, 15) is 4.79 Å². The van der Waals surface area contributed by atoms with Crippen LogP contribution in [0.2, 0.25) is 0 Å². The van der Waals surface area contributed by atoms with Gasteiger partial charge in [0.2, 0.25) is 3.57 Å². The molecular weight excluding hydrogens is 315 g/mol. The first-order valence-corrected chi connectivity index (χ1v) is 7.04. The van der Waals surface area contributed by atoms with Crippen molar-refractivity contribution in [1.29, 1.82) is 0 Å². The van der Waals surface area contributed by atoms with E-state index in [1.165, 1.54) is 0 Å². The number of carbonyl (C=O) groups is 1. The summed E-state index contributed by atoms with van der Waals surface area (Å²) < 4.78 is 4.01. The van der Waals surface area contributed by atoms with E-state index in [1.54, 1.807) is 12.1 Å². The molecule has 3 heteroatoms. The van der Waals surface area contributed by atoms with Gasteiger partial charge in [-0.2, -0.15) is 0 Å². The fraction of sp³-hybridized carbons (Fsp3) is 0.308. The molecule has 0 aromatic heterocycles. The van der Waals surface area contributed by atoms with Gasteiger partial charge in [-0.3, -0.25) is 0 Å². The fourth-order valence-corrected chi connectivity index (χ4v) is 3.26. The van der Waals surface area contributed by atoms with Crippen molar-refractivity contribution >= 4 is 5.97 Å². The summed E-state index contributed by atoms with van der Waals surface area (Å²) in [6.07, 6.45) is 0. The molecule has 0 aliphatic carbocycles. The largest absolute Gasteiger partial charge is 0.478 e. The molecule has 0 aliphatic rings. The van der Waals surface area contributed by atoms with Crippen molar-refractivity contribution in [3.63, 3.8) is 0 Å². The van der Waals surface area contributed by atoms with Crippen LogP contribution in [-0.2, 0) is 0 Å². The quantitative estimate of drug-likeness (QED) is 0.595. The molecular formula is C13H14IO2+. The lowest BCUT2D eigenvalue weighted by molar-refractivity contribution is -0.535. The van der Waals surface area contributed by atoms with Gasteiger partial charge in [0.05, 0.1) is 0 Å². The average molecular weight is 329 g/mol. The zero-order chi connectivity index (χ0) is 12.2. The predicted octanol–water partition coefficient (Wildman–Crippen LogP) is -0.350. The van der Waals surface area contributed by atoms with Crippen molar-refractivity contribution < 1.29 is 31.1 Å². The highest BCUT2D eigenvalue weighted by atomic mass is 127. The summed E-state index contributed by atoms with van der Waals surface area (Å²) in [4.78, 5) is 11.0. The Bertz CT molecular complexity index is 447. The van der Waals surface area contributed by atoms with Gasteiger partial charge in [-0.05, 0) is 38.8 Å². The van der Waals surface area contributed by atoms with Crippen LogP contribution in [0.15, 0.2) is 24.3 Å². The number of carboxylic acid groups (broad SMARTS) is 1. The topological polar surface area (TPSA) is 37.3 Å². The molecule has 0 fully saturated rings. The lowest BCUT2D eigenvalue weighted by Gasteiger charge is -2.04. The molecule has 1 aromatic carbocycles. The van der Waals surface area contributed by atoms with Gasteiger partial charge in [-0.25, -0.2) is 4.79 Å². The van der Waals surface area contributed by atoms with E-state index in [2.05, 4.69) is 9.85 Å². The fourth-order valence-electron chi connectivity index (χ4n) is 0.933. The van der Waals surface area contributed by atoms with E-state index in [0.717, 1.165) is 3.57 Å². The van der Waals surface area contributed by atoms with Crippen LogP contribution in [0.5, 0.6) is 0 Å². The number of carboxylic acids is 1. The van der Waals surface area contributed by atoms with Crippen LogP contribution in [0.1, 0.15) is 31.1 Å². The normalized spacial score (nSPS) is 10.4. The highest BCUT2D eigenvalue weighted by molar-refractivity contribution is 5.87. The van der Waals surface area contributed by atoms with E-state index in [4.69, 9.17) is 5.11 Å². The van der Waals surface area contributed by atoms with Gasteiger partial charge in [0.1, 0.15) is 5.56 Å². The van der Waals surface area contributed by atoms with Crippen LogP contribution < -0.4 is 21.2 Å². The highest BCUT2D eigenvalue weighted by Crippen LogP contribution is 2.08. The molecule has 16 heavy (non-hydrogen) atoms. The molecule has 0 heterocycles. The number of halogens is 1. The standard InChI is InChI=1S/C13H13IO2/c1-13(2,3)8-9-14-11-7-5-4-6-10(11)12(15)16/h4-7H,1-3H3/p+1. The predicted molar refractivity (Wildman–Crippen MR) is 59.3 cm³/mol. The first kappa shape index (κ1) is 13.0. The van der Waals surface area contributed by atoms with E-state index in [0.29, 0.717) is 5.56 Å². The van der Waals surface area contributed by atoms with E-state index in [-0.39, 0.29) is 5.41 Å². The molecule has 0 saturated carbocycles. The molecule has 0 amide bonds. The van der Waals surface area contributed by atoms with Crippen molar-refractivity contribution in [2.45, 2.75) is 20.8 Å². The minimum atomic E-state index is -0.868. The van der Waals surface area contributed by atoms with Gasteiger partial charge >= 0.3 is 27.2 Å². The Morgan fingerprint density at radius 2 is 1.94 bits per heavy atom. The van der Waals surface area contributed by atoms with Crippen LogP contribution >= 0.6 is 0 Å². The Labute approximate surface area is 106 Å². The maximum Gasteiger partial charge on any atom is 0.420 e. The Balaban J connectivity index is 2.89. The van der Waals surface area contributed by atoms with Crippen LogP contribution in [0.3, 0.4) is 0 Å². The van der Waals surface area contributed by atoms with Crippen molar-refractivity contribution in [2.24, 2.45) is 5.41 Å². The average Bonchev–Trinajstić information content (AvgIpc) is 2.16. The first-order chi connectivity index (χ1) is 7.40. The van der Waals surface area contributed by atoms with E-state index < -0.39 is 27.2 Å². The summed E-state index contributed by atoms with van der Waals surface area (Å²) in [6, 6.07) is 7.10. The summed E-state index contributed by atoms with van der Waals surface area (Å²) in [6.45, 7) is 6.15. The van der Waals surface area contributed by atoms with Gasteiger partial charge in [0.15, 0.2) is 3.93 Å². The summed E-state index contributed by atoms with van der Waals surface area (Å²) in [7, 11) is 0. The second kappa shape index (κ2) is 5.35. The third kappa shape index (κ3) is 4.23. The minimum Gasteiger partial charge on any atom is -0.478 e. The second-order valence-corrected chi connectivity index (χ2v) is 6.59. The molecule has 84 valence electrons. The summed E-state index contributed by atoms with van der Waals surface area (Å²) >= 11 is -0.536. The molecule has 2 nitrogen and oxygen atoms in total. The smallest absolute Gasteiger partial charge is 0.420 e. The van der Waals surface area contributed by atoms with E-state index in [1.807, 2.05) is 32.9 Å². The Morgan fingerprint density at radius 3 is 2.50 bits per heavy atom. The lowest BCUT2D eigenvalue weighted by Crippen LogP contribution is -3.59. The minimum absolute atomic E-state index is 0.0160. The van der Waals surface area contributed by atoms with Gasteiger partial charge in [0, 0.05) is 5.41 Å². The van der Waals surface area contributed by atoms with Crippen molar-refractivity contribution in [1.82, 2.24) is 0 Å². The van der Waals surface area contributed by atoms with Gasteiger partial charge in [-0.1, -0.05) is 12.1 Å². The molecule has 0 radical (unpaired) electrons. The number of aromatic carboxylic acids is 1. The molecule has 0 atom stereocenters. The van der Waals surface area contributed by atoms with Crippen molar-refractivity contribution in [3.8, 4) is 9.85 Å². The summed E-state index contributed by atoms with van der Waals surface area (Å²) in [5.74, 6) is 2.27. The van der Waals surface area contributed by atoms with E-state index >= 15 is 0 Å². The number of hydrogen-bond donors (Lipinski definition) is 1. The second-order valence-electron chi connectivity index (χ2n) is 4.35. The number of hydrogen-bond acceptors (Lipinski definition) is 1. The van der Waals surface area contributed by atoms with Crippen LogP contribution in [0.25, 0.3) is 0 Å². The van der Waals surface area contributed by atoms with Crippen molar-refractivity contribution in [3.05, 3.63) is 33.4 Å². The molecule has 0 saturated heterocycles. The molecule has 1 aromatic rings. The lowest BCUT2D eigenvalue weighted by atomic mass is 9.99. The number of benzene rings is 1. The zero-order valence-corrected chi connectivity index (χ0v) is 11.7. The molecule has 1 rings (SSSR count). The maximum absolute atomic E-state index is 11.0. The molecule has 0 spiro atoms. The Morgan fingerprint density at radius 1 is 1.31 bits per heavy atom. The molecule has 0 unspecified atom stereocenters. The van der Waals surface area contributed by atoms with Crippen LogP contribution in [-0.4, -0.2) is 11.1 Å². The Kier molecular flexibility index (Phi) is 4.36. The van der Waals surface area contributed by atoms with Crippen LogP contribution in [0.4, 0.5) is 0 Å². The monoisotopic (exact) mass is 329 g/mol. The van der Waals surface area contributed by atoms with Gasteiger partial charge in [-0.15, -0.1) is 0 Å². The van der Waals surface area contributed by atoms with Crippen molar-refractivity contribution in [2.75, 3.05) is 0 Å². The Hall–Kier alpha value is -1.02. The number of rotatable bonds is 2. The summed E-state index contributed by atoms with van der Waals surface area (Å²) in [5.41, 5.74) is 0.372. The van der Waals surface area contributed by atoms with Gasteiger partial charge in [0.25, 0.3) is 0 Å². The highest BCUT2D eigenvalue weighted by Gasteiger charge is 2.20. The first-order valence-electron chi connectivity index (χ1n) is 4.88. The third-order valence-electron chi connectivity index (χ3n) is 1.68. The zero-order valence-electron chi connectivity index (χ0n) is 9.54. The third-order valence-corrected chi connectivity index (χ3v) is 3.74. The molecule has 0 aliphatic heterocycles. The maximum atomic E-state index is 11.0.